The third-order valence-corrected chi connectivity index (χ3v) is 5.05. The van der Waals surface area contributed by atoms with E-state index in [2.05, 4.69) is 4.99 Å². The number of hydrogen-bond donors (Lipinski definition) is 0. The fourth-order valence-corrected chi connectivity index (χ4v) is 3.26. The van der Waals surface area contributed by atoms with E-state index in [1.165, 1.54) is 11.8 Å². The molecule has 0 aliphatic carbocycles. The monoisotopic (exact) mass is 376 g/mol. The summed E-state index contributed by atoms with van der Waals surface area (Å²) in [5, 5.41) is 1.49. The van der Waals surface area contributed by atoms with Crippen LogP contribution in [0.25, 0.3) is 6.08 Å². The van der Waals surface area contributed by atoms with Crippen molar-refractivity contribution in [3.8, 4) is 0 Å². The van der Waals surface area contributed by atoms with Gasteiger partial charge in [-0.05, 0) is 43.0 Å². The lowest BCUT2D eigenvalue weighted by atomic mass is 10.2. The molecule has 0 saturated heterocycles. The van der Waals surface area contributed by atoms with Gasteiger partial charge in [0.05, 0.1) is 15.7 Å². The van der Waals surface area contributed by atoms with Crippen molar-refractivity contribution in [2.24, 2.45) is 4.99 Å². The van der Waals surface area contributed by atoms with Gasteiger partial charge in [0.15, 0.2) is 5.17 Å². The summed E-state index contributed by atoms with van der Waals surface area (Å²) in [4.78, 5) is 18.9. The third-order valence-electron chi connectivity index (χ3n) is 3.58. The molecule has 0 fully saturated rings. The zero-order valence-electron chi connectivity index (χ0n) is 13.1. The number of rotatable bonds is 2. The molecule has 0 bridgehead atoms. The van der Waals surface area contributed by atoms with Gasteiger partial charge in [-0.25, -0.2) is 4.99 Å². The zero-order chi connectivity index (χ0) is 17.3. The molecule has 1 amide bonds. The van der Waals surface area contributed by atoms with Crippen molar-refractivity contribution in [2.45, 2.75) is 6.92 Å². The summed E-state index contributed by atoms with van der Waals surface area (Å²) < 4.78 is 0. The Bertz CT molecular complexity index is 860. The molecule has 122 valence electrons. The molecule has 1 aliphatic rings. The van der Waals surface area contributed by atoms with Crippen LogP contribution >= 0.6 is 35.0 Å². The van der Waals surface area contributed by atoms with E-state index in [4.69, 9.17) is 23.2 Å². The maximum atomic E-state index is 12.8. The summed E-state index contributed by atoms with van der Waals surface area (Å²) in [5.74, 6) is -0.181. The third kappa shape index (κ3) is 3.22. The predicted molar refractivity (Wildman–Crippen MR) is 104 cm³/mol. The first-order chi connectivity index (χ1) is 11.5. The van der Waals surface area contributed by atoms with Gasteiger partial charge in [-0.15, -0.1) is 0 Å². The molecule has 2 aromatic carbocycles. The predicted octanol–water partition coefficient (Wildman–Crippen LogP) is 5.41. The highest BCUT2D eigenvalue weighted by molar-refractivity contribution is 8.13. The Morgan fingerprint density at radius 3 is 2.50 bits per heavy atom. The van der Waals surface area contributed by atoms with E-state index in [1.807, 2.05) is 37.4 Å². The SMILES string of the molecule is CSC1=N/C(=C\c2cccc(Cl)c2Cl)C(=O)N1c1ccc(C)cc1. The van der Waals surface area contributed by atoms with E-state index < -0.39 is 0 Å². The second-order valence-corrected chi connectivity index (χ2v) is 6.81. The van der Waals surface area contributed by atoms with Gasteiger partial charge in [0, 0.05) is 0 Å². The van der Waals surface area contributed by atoms with Gasteiger partial charge in [0.2, 0.25) is 0 Å². The molecule has 3 rings (SSSR count). The number of hydrogen-bond acceptors (Lipinski definition) is 3. The number of amides is 1. The van der Waals surface area contributed by atoms with Crippen LogP contribution in [-0.2, 0) is 4.79 Å². The molecular formula is C18H14Cl2N2OS. The van der Waals surface area contributed by atoms with Crippen molar-refractivity contribution in [3.63, 3.8) is 0 Å². The zero-order valence-corrected chi connectivity index (χ0v) is 15.4. The number of thioether (sulfide) groups is 1. The Morgan fingerprint density at radius 1 is 1.12 bits per heavy atom. The first-order valence-electron chi connectivity index (χ1n) is 7.21. The Labute approximate surface area is 155 Å². The van der Waals surface area contributed by atoms with E-state index in [-0.39, 0.29) is 5.91 Å². The summed E-state index contributed by atoms with van der Waals surface area (Å²) in [6, 6.07) is 13.1. The summed E-state index contributed by atoms with van der Waals surface area (Å²) in [6.07, 6.45) is 3.56. The Hall–Kier alpha value is -1.75. The second kappa shape index (κ2) is 7.01. The lowest BCUT2D eigenvalue weighted by molar-refractivity contribution is -0.113. The molecular weight excluding hydrogens is 363 g/mol. The molecule has 0 saturated carbocycles. The number of anilines is 1. The Balaban J connectivity index is 2.01. The van der Waals surface area contributed by atoms with Gasteiger partial charge in [0.1, 0.15) is 5.70 Å². The molecule has 0 atom stereocenters. The lowest BCUT2D eigenvalue weighted by Gasteiger charge is -2.16. The number of benzene rings is 2. The minimum Gasteiger partial charge on any atom is -0.266 e. The Kier molecular flexibility index (Phi) is 4.99. The van der Waals surface area contributed by atoms with Crippen LogP contribution < -0.4 is 4.90 Å². The van der Waals surface area contributed by atoms with Gasteiger partial charge < -0.3 is 0 Å². The van der Waals surface area contributed by atoms with Crippen LogP contribution in [0.15, 0.2) is 53.2 Å². The topological polar surface area (TPSA) is 32.7 Å². The number of aryl methyl sites for hydroxylation is 1. The van der Waals surface area contributed by atoms with Gasteiger partial charge in [-0.3, -0.25) is 9.69 Å². The smallest absolute Gasteiger partial charge is 0.266 e. The van der Waals surface area contributed by atoms with Crippen LogP contribution in [0.2, 0.25) is 10.0 Å². The summed E-state index contributed by atoms with van der Waals surface area (Å²) in [5.41, 5.74) is 2.93. The normalized spacial score (nSPS) is 16.0. The highest BCUT2D eigenvalue weighted by Crippen LogP contribution is 2.31. The van der Waals surface area contributed by atoms with E-state index in [9.17, 15) is 4.79 Å². The minimum atomic E-state index is -0.181. The van der Waals surface area contributed by atoms with Crippen LogP contribution in [0.5, 0.6) is 0 Å². The molecule has 0 aromatic heterocycles. The van der Waals surface area contributed by atoms with Crippen molar-refractivity contribution in [3.05, 3.63) is 69.3 Å². The summed E-state index contributed by atoms with van der Waals surface area (Å²) in [6.45, 7) is 2.01. The quantitative estimate of drug-likeness (QED) is 0.656. The fraction of sp³-hybridized carbons (Fsp3) is 0.111. The summed E-state index contributed by atoms with van der Waals surface area (Å²) in [7, 11) is 0. The molecule has 0 spiro atoms. The highest BCUT2D eigenvalue weighted by Gasteiger charge is 2.31. The molecule has 1 aliphatic heterocycles. The van der Waals surface area contributed by atoms with Gasteiger partial charge in [0.25, 0.3) is 5.91 Å². The average Bonchev–Trinajstić information content (AvgIpc) is 2.89. The maximum absolute atomic E-state index is 12.8. The largest absolute Gasteiger partial charge is 0.283 e. The maximum Gasteiger partial charge on any atom is 0.283 e. The van der Waals surface area contributed by atoms with E-state index >= 15 is 0 Å². The van der Waals surface area contributed by atoms with Crippen LogP contribution in [0, 0.1) is 6.92 Å². The molecule has 0 radical (unpaired) electrons. The van der Waals surface area contributed by atoms with Crippen LogP contribution in [-0.4, -0.2) is 17.3 Å². The van der Waals surface area contributed by atoms with Crippen LogP contribution in [0.3, 0.4) is 0 Å². The standard InChI is InChI=1S/C18H14Cl2N2OS/c1-11-6-8-13(9-7-11)22-17(23)15(21-18(22)24-2)10-12-4-3-5-14(19)16(12)20/h3-10H,1-2H3/b15-10-. The number of amidine groups is 1. The molecule has 0 unspecified atom stereocenters. The van der Waals surface area contributed by atoms with Crippen molar-refractivity contribution in [1.82, 2.24) is 0 Å². The molecule has 24 heavy (non-hydrogen) atoms. The van der Waals surface area contributed by atoms with E-state index in [1.54, 1.807) is 29.2 Å². The van der Waals surface area contributed by atoms with Gasteiger partial charge >= 0.3 is 0 Å². The number of nitrogens with zero attached hydrogens (tertiary/aromatic N) is 2. The van der Waals surface area contributed by atoms with Gasteiger partial charge in [-0.1, -0.05) is 64.8 Å². The fourth-order valence-electron chi connectivity index (χ4n) is 2.33. The van der Waals surface area contributed by atoms with Crippen LogP contribution in [0.4, 0.5) is 5.69 Å². The van der Waals surface area contributed by atoms with Crippen molar-refractivity contribution in [2.75, 3.05) is 11.2 Å². The number of carbonyl (C=O) groups is 1. The Morgan fingerprint density at radius 2 is 1.83 bits per heavy atom. The molecule has 1 heterocycles. The minimum absolute atomic E-state index is 0.181. The van der Waals surface area contributed by atoms with E-state index in [0.717, 1.165) is 11.3 Å². The lowest BCUT2D eigenvalue weighted by Crippen LogP contribution is -2.29. The van der Waals surface area contributed by atoms with Crippen molar-refractivity contribution in [1.29, 1.82) is 0 Å². The molecule has 6 heteroatoms. The number of halogens is 2. The number of aliphatic imine (C=N–C) groups is 1. The van der Waals surface area contributed by atoms with Gasteiger partial charge in [-0.2, -0.15) is 0 Å². The molecule has 3 nitrogen and oxygen atoms in total. The molecule has 0 N–H and O–H groups in total. The van der Waals surface area contributed by atoms with Crippen molar-refractivity contribution >= 4 is 57.8 Å². The van der Waals surface area contributed by atoms with Crippen molar-refractivity contribution < 1.29 is 4.79 Å². The number of carbonyl (C=O) groups excluding carboxylic acids is 1. The van der Waals surface area contributed by atoms with Crippen LogP contribution in [0.1, 0.15) is 11.1 Å². The second-order valence-electron chi connectivity index (χ2n) is 5.25. The molecule has 2 aromatic rings. The highest BCUT2D eigenvalue weighted by atomic mass is 35.5. The average molecular weight is 377 g/mol. The first kappa shape index (κ1) is 17.1. The summed E-state index contributed by atoms with van der Waals surface area (Å²) >= 11 is 13.7. The van der Waals surface area contributed by atoms with E-state index in [0.29, 0.717) is 26.5 Å². The first-order valence-corrected chi connectivity index (χ1v) is 9.19.